The normalized spacial score (nSPS) is 11.8. The summed E-state index contributed by atoms with van der Waals surface area (Å²) in [5, 5.41) is 9.05. The highest BCUT2D eigenvalue weighted by Crippen LogP contribution is 2.26. The fourth-order valence-corrected chi connectivity index (χ4v) is 1.69. The Morgan fingerprint density at radius 3 is 2.71 bits per heavy atom. The van der Waals surface area contributed by atoms with Crippen molar-refractivity contribution in [3.63, 3.8) is 0 Å². The predicted octanol–water partition coefficient (Wildman–Crippen LogP) is 1.93. The van der Waals surface area contributed by atoms with E-state index in [2.05, 4.69) is 11.1 Å². The molecule has 2 aromatic rings. The molecule has 0 aliphatic rings. The van der Waals surface area contributed by atoms with Gasteiger partial charge in [-0.2, -0.15) is 5.26 Å². The maximum Gasteiger partial charge on any atom is 0.132 e. The highest BCUT2D eigenvalue weighted by molar-refractivity contribution is 5.42. The Bertz CT molecular complexity index is 534. The van der Waals surface area contributed by atoms with Crippen LogP contribution >= 0.6 is 0 Å². The summed E-state index contributed by atoms with van der Waals surface area (Å²) in [7, 11) is 0. The second-order valence-electron chi connectivity index (χ2n) is 3.50. The van der Waals surface area contributed by atoms with Crippen LogP contribution in [0.5, 0.6) is 0 Å². The van der Waals surface area contributed by atoms with Gasteiger partial charge in [0, 0.05) is 23.5 Å². The smallest absolute Gasteiger partial charge is 0.132 e. The van der Waals surface area contributed by atoms with Gasteiger partial charge in [-0.1, -0.05) is 24.3 Å². The zero-order chi connectivity index (χ0) is 12.1. The van der Waals surface area contributed by atoms with Crippen LogP contribution in [0, 0.1) is 11.3 Å². The van der Waals surface area contributed by atoms with Gasteiger partial charge in [0.25, 0.3) is 0 Å². The minimum absolute atomic E-state index is 0.473. The maximum absolute atomic E-state index is 9.05. The first-order chi connectivity index (χ1) is 8.36. The molecule has 1 heterocycles. The monoisotopic (exact) mass is 225 g/mol. The van der Waals surface area contributed by atoms with Crippen LogP contribution in [-0.2, 0) is 4.84 Å². The molecule has 0 spiro atoms. The van der Waals surface area contributed by atoms with Crippen LogP contribution in [0.1, 0.15) is 22.8 Å². The molecule has 1 aromatic heterocycles. The van der Waals surface area contributed by atoms with Gasteiger partial charge in [0.2, 0.25) is 0 Å². The molecule has 1 atom stereocenters. The quantitative estimate of drug-likeness (QED) is 0.810. The molecular formula is C13H11N3O. The van der Waals surface area contributed by atoms with Crippen molar-refractivity contribution >= 4 is 0 Å². The number of hydrogen-bond donors (Lipinski definition) is 1. The van der Waals surface area contributed by atoms with E-state index in [0.29, 0.717) is 5.56 Å². The van der Waals surface area contributed by atoms with E-state index in [4.69, 9.17) is 16.0 Å². The number of nitrogens with zero attached hydrogens (tertiary/aromatic N) is 2. The van der Waals surface area contributed by atoms with Crippen molar-refractivity contribution in [3.05, 3.63) is 65.5 Å². The van der Waals surface area contributed by atoms with Crippen molar-refractivity contribution in [2.75, 3.05) is 0 Å². The number of benzene rings is 1. The van der Waals surface area contributed by atoms with Crippen molar-refractivity contribution in [2.45, 2.75) is 6.10 Å². The zero-order valence-corrected chi connectivity index (χ0v) is 9.08. The van der Waals surface area contributed by atoms with E-state index in [9.17, 15) is 0 Å². The standard InChI is InChI=1S/C13H11N3O/c14-8-10-4-1-2-6-12(10)13(17-15)11-5-3-7-16-9-11/h1-7,9,13H,15H2. The highest BCUT2D eigenvalue weighted by Gasteiger charge is 2.17. The highest BCUT2D eigenvalue weighted by atomic mass is 16.6. The average Bonchev–Trinajstić information content (AvgIpc) is 2.41. The van der Waals surface area contributed by atoms with Gasteiger partial charge in [0.1, 0.15) is 6.10 Å². The van der Waals surface area contributed by atoms with Crippen LogP contribution in [0.2, 0.25) is 0 Å². The van der Waals surface area contributed by atoms with E-state index < -0.39 is 6.10 Å². The number of rotatable bonds is 3. The molecule has 84 valence electrons. The van der Waals surface area contributed by atoms with Gasteiger partial charge in [-0.15, -0.1) is 0 Å². The summed E-state index contributed by atoms with van der Waals surface area (Å²) in [6.45, 7) is 0. The Kier molecular flexibility index (Phi) is 3.46. The Balaban J connectivity index is 2.47. The van der Waals surface area contributed by atoms with E-state index in [1.807, 2.05) is 18.2 Å². The van der Waals surface area contributed by atoms with E-state index >= 15 is 0 Å². The van der Waals surface area contributed by atoms with Crippen LogP contribution in [0.15, 0.2) is 48.8 Å². The Hall–Kier alpha value is -2.22. The minimum atomic E-state index is -0.473. The van der Waals surface area contributed by atoms with Crippen molar-refractivity contribution in [1.29, 1.82) is 5.26 Å². The number of nitriles is 1. The number of nitrogens with two attached hydrogens (primary N) is 1. The van der Waals surface area contributed by atoms with Crippen molar-refractivity contribution < 1.29 is 4.84 Å². The number of hydrogen-bond acceptors (Lipinski definition) is 4. The molecule has 0 amide bonds. The molecule has 1 aromatic carbocycles. The summed E-state index contributed by atoms with van der Waals surface area (Å²) in [5.74, 6) is 5.32. The Morgan fingerprint density at radius 2 is 2.06 bits per heavy atom. The summed E-state index contributed by atoms with van der Waals surface area (Å²) in [5.41, 5.74) is 2.11. The zero-order valence-electron chi connectivity index (χ0n) is 9.08. The van der Waals surface area contributed by atoms with Gasteiger partial charge in [0.15, 0.2) is 0 Å². The van der Waals surface area contributed by atoms with Crippen LogP contribution < -0.4 is 5.90 Å². The van der Waals surface area contributed by atoms with E-state index in [1.165, 1.54) is 0 Å². The minimum Gasteiger partial charge on any atom is -0.292 e. The third kappa shape index (κ3) is 2.31. The van der Waals surface area contributed by atoms with Gasteiger partial charge in [-0.05, 0) is 12.1 Å². The lowest BCUT2D eigenvalue weighted by molar-refractivity contribution is 0.0809. The van der Waals surface area contributed by atoms with Crippen LogP contribution in [0.4, 0.5) is 0 Å². The largest absolute Gasteiger partial charge is 0.292 e. The molecule has 0 fully saturated rings. The summed E-state index contributed by atoms with van der Waals surface area (Å²) in [6, 6.07) is 13.0. The number of aromatic nitrogens is 1. The molecule has 0 aliphatic heterocycles. The summed E-state index contributed by atoms with van der Waals surface area (Å²) in [4.78, 5) is 8.99. The SMILES string of the molecule is N#Cc1ccccc1C(ON)c1cccnc1. The average molecular weight is 225 g/mol. The molecule has 0 radical (unpaired) electrons. The lowest BCUT2D eigenvalue weighted by atomic mass is 9.98. The third-order valence-electron chi connectivity index (χ3n) is 2.49. The van der Waals surface area contributed by atoms with Crippen molar-refractivity contribution in [2.24, 2.45) is 5.90 Å². The fourth-order valence-electron chi connectivity index (χ4n) is 1.69. The third-order valence-corrected chi connectivity index (χ3v) is 2.49. The van der Waals surface area contributed by atoms with Gasteiger partial charge in [-0.3, -0.25) is 9.82 Å². The van der Waals surface area contributed by atoms with Crippen LogP contribution in [0.3, 0.4) is 0 Å². The molecule has 2 rings (SSSR count). The first-order valence-corrected chi connectivity index (χ1v) is 5.11. The molecule has 17 heavy (non-hydrogen) atoms. The van der Waals surface area contributed by atoms with E-state index in [0.717, 1.165) is 11.1 Å². The van der Waals surface area contributed by atoms with Crippen LogP contribution in [0.25, 0.3) is 0 Å². The van der Waals surface area contributed by atoms with Gasteiger partial charge in [0.05, 0.1) is 11.6 Å². The van der Waals surface area contributed by atoms with Gasteiger partial charge >= 0.3 is 0 Å². The van der Waals surface area contributed by atoms with Gasteiger partial charge in [-0.25, -0.2) is 5.90 Å². The summed E-state index contributed by atoms with van der Waals surface area (Å²) in [6.07, 6.45) is 2.87. The summed E-state index contributed by atoms with van der Waals surface area (Å²) < 4.78 is 0. The molecular weight excluding hydrogens is 214 g/mol. The molecule has 0 saturated heterocycles. The molecule has 0 bridgehead atoms. The second kappa shape index (κ2) is 5.21. The second-order valence-corrected chi connectivity index (χ2v) is 3.50. The molecule has 4 heteroatoms. The Morgan fingerprint density at radius 1 is 1.24 bits per heavy atom. The lowest BCUT2D eigenvalue weighted by Crippen LogP contribution is -2.12. The van der Waals surface area contributed by atoms with E-state index in [1.54, 1.807) is 30.6 Å². The lowest BCUT2D eigenvalue weighted by Gasteiger charge is -2.15. The molecule has 1 unspecified atom stereocenters. The first kappa shape index (κ1) is 11.3. The van der Waals surface area contributed by atoms with Crippen molar-refractivity contribution in [1.82, 2.24) is 4.98 Å². The summed E-state index contributed by atoms with van der Waals surface area (Å²) >= 11 is 0. The van der Waals surface area contributed by atoms with Gasteiger partial charge < -0.3 is 0 Å². The van der Waals surface area contributed by atoms with Crippen LogP contribution in [-0.4, -0.2) is 4.98 Å². The first-order valence-electron chi connectivity index (χ1n) is 5.11. The topological polar surface area (TPSA) is 71.9 Å². The van der Waals surface area contributed by atoms with E-state index in [-0.39, 0.29) is 0 Å². The fraction of sp³-hybridized carbons (Fsp3) is 0.0769. The molecule has 0 saturated carbocycles. The number of pyridine rings is 1. The molecule has 0 aliphatic carbocycles. The molecule has 2 N–H and O–H groups in total. The predicted molar refractivity (Wildman–Crippen MR) is 62.5 cm³/mol. The molecule has 4 nitrogen and oxygen atoms in total. The maximum atomic E-state index is 9.05. The Labute approximate surface area is 99.2 Å². The van der Waals surface area contributed by atoms with Crippen molar-refractivity contribution in [3.8, 4) is 6.07 Å².